The van der Waals surface area contributed by atoms with Crippen molar-refractivity contribution in [3.63, 3.8) is 0 Å². The van der Waals surface area contributed by atoms with Gasteiger partial charge in [-0.15, -0.1) is 5.10 Å². The standard InChI is InChI=1S/C8H10N4O2S/c1-3-12-8-6(4-10-12)7(5-9-11-8)15(2,13)14/h4-5H,3H2,1-2H3. The Morgan fingerprint density at radius 3 is 2.73 bits per heavy atom. The number of hydrogen-bond donors (Lipinski definition) is 0. The third kappa shape index (κ3) is 1.58. The van der Waals surface area contributed by atoms with Crippen molar-refractivity contribution in [2.75, 3.05) is 6.26 Å². The summed E-state index contributed by atoms with van der Waals surface area (Å²) < 4.78 is 24.5. The van der Waals surface area contributed by atoms with Crippen molar-refractivity contribution in [1.29, 1.82) is 0 Å². The predicted molar refractivity (Wildman–Crippen MR) is 54.1 cm³/mol. The molecule has 6 nitrogen and oxygen atoms in total. The lowest BCUT2D eigenvalue weighted by atomic mass is 10.4. The maximum absolute atomic E-state index is 11.4. The number of rotatable bonds is 2. The van der Waals surface area contributed by atoms with E-state index in [0.717, 1.165) is 6.26 Å². The van der Waals surface area contributed by atoms with Gasteiger partial charge in [0.05, 0.1) is 22.7 Å². The van der Waals surface area contributed by atoms with Gasteiger partial charge in [0.15, 0.2) is 15.5 Å². The van der Waals surface area contributed by atoms with Crippen LogP contribution in [-0.2, 0) is 16.4 Å². The second kappa shape index (κ2) is 3.27. The summed E-state index contributed by atoms with van der Waals surface area (Å²) in [5.41, 5.74) is 0.500. The Morgan fingerprint density at radius 2 is 2.13 bits per heavy atom. The molecule has 0 saturated carbocycles. The molecule has 0 spiro atoms. The fourth-order valence-electron chi connectivity index (χ4n) is 1.39. The molecule has 0 saturated heterocycles. The molecule has 0 fully saturated rings. The number of sulfone groups is 1. The van der Waals surface area contributed by atoms with Gasteiger partial charge in [-0.25, -0.2) is 13.1 Å². The molecule has 2 aromatic heterocycles. The highest BCUT2D eigenvalue weighted by atomic mass is 32.2. The Balaban J connectivity index is 2.84. The minimum atomic E-state index is -3.28. The van der Waals surface area contributed by atoms with E-state index in [2.05, 4.69) is 15.3 Å². The van der Waals surface area contributed by atoms with Crippen LogP contribution in [0, 0.1) is 0 Å². The van der Waals surface area contributed by atoms with Crippen molar-refractivity contribution in [2.24, 2.45) is 0 Å². The van der Waals surface area contributed by atoms with Crippen LogP contribution in [0.15, 0.2) is 17.3 Å². The minimum absolute atomic E-state index is 0.173. The summed E-state index contributed by atoms with van der Waals surface area (Å²) in [6.07, 6.45) is 3.90. The molecular formula is C8H10N4O2S. The van der Waals surface area contributed by atoms with Crippen LogP contribution in [0.25, 0.3) is 11.0 Å². The molecule has 7 heteroatoms. The van der Waals surface area contributed by atoms with Crippen LogP contribution < -0.4 is 0 Å². The minimum Gasteiger partial charge on any atom is -0.246 e. The molecule has 0 aliphatic rings. The quantitative estimate of drug-likeness (QED) is 0.733. The van der Waals surface area contributed by atoms with Gasteiger partial charge >= 0.3 is 0 Å². The molecule has 0 bridgehead atoms. The molecule has 0 N–H and O–H groups in total. The van der Waals surface area contributed by atoms with Crippen molar-refractivity contribution in [3.05, 3.63) is 12.4 Å². The monoisotopic (exact) mass is 226 g/mol. The predicted octanol–water partition coefficient (Wildman–Crippen LogP) is 0.250. The Morgan fingerprint density at radius 1 is 1.40 bits per heavy atom. The second-order valence-corrected chi connectivity index (χ2v) is 5.16. The molecule has 2 rings (SSSR count). The first-order chi connectivity index (χ1) is 7.04. The lowest BCUT2D eigenvalue weighted by Crippen LogP contribution is -2.02. The van der Waals surface area contributed by atoms with Crippen LogP contribution >= 0.6 is 0 Å². The number of aromatic nitrogens is 4. The Hall–Kier alpha value is -1.50. The van der Waals surface area contributed by atoms with Gasteiger partial charge in [0, 0.05) is 12.8 Å². The molecule has 15 heavy (non-hydrogen) atoms. The first-order valence-corrected chi connectivity index (χ1v) is 6.30. The summed E-state index contributed by atoms with van der Waals surface area (Å²) in [6, 6.07) is 0. The number of nitrogens with zero attached hydrogens (tertiary/aromatic N) is 4. The van der Waals surface area contributed by atoms with Gasteiger partial charge in [0.1, 0.15) is 0 Å². The number of hydrogen-bond acceptors (Lipinski definition) is 5. The Labute approximate surface area is 86.8 Å². The van der Waals surface area contributed by atoms with E-state index >= 15 is 0 Å². The van der Waals surface area contributed by atoms with Crippen LogP contribution in [0.1, 0.15) is 6.92 Å². The Bertz CT molecular complexity index is 602. The van der Waals surface area contributed by atoms with E-state index in [9.17, 15) is 8.42 Å². The van der Waals surface area contributed by atoms with Crippen LogP contribution in [-0.4, -0.2) is 34.7 Å². The fourth-order valence-corrected chi connectivity index (χ4v) is 2.17. The van der Waals surface area contributed by atoms with E-state index in [1.165, 1.54) is 12.4 Å². The highest BCUT2D eigenvalue weighted by Gasteiger charge is 2.15. The summed E-state index contributed by atoms with van der Waals surface area (Å²) in [4.78, 5) is 0.173. The van der Waals surface area contributed by atoms with Gasteiger partial charge in [0.2, 0.25) is 0 Å². The molecular weight excluding hydrogens is 216 g/mol. The van der Waals surface area contributed by atoms with Gasteiger partial charge in [0.25, 0.3) is 0 Å². The first-order valence-electron chi connectivity index (χ1n) is 4.41. The zero-order valence-corrected chi connectivity index (χ0v) is 9.19. The summed E-state index contributed by atoms with van der Waals surface area (Å²) in [5, 5.41) is 12.1. The van der Waals surface area contributed by atoms with E-state index in [1.807, 2.05) is 6.92 Å². The normalized spacial score (nSPS) is 12.1. The lowest BCUT2D eigenvalue weighted by molar-refractivity contribution is 0.602. The summed E-state index contributed by atoms with van der Waals surface area (Å²) in [7, 11) is -3.28. The molecule has 0 unspecified atom stereocenters. The fraction of sp³-hybridized carbons (Fsp3) is 0.375. The maximum atomic E-state index is 11.4. The van der Waals surface area contributed by atoms with Gasteiger partial charge in [-0.2, -0.15) is 10.2 Å². The molecule has 0 atom stereocenters. The SMILES string of the molecule is CCn1ncc2c(S(C)(=O)=O)cnnc21. The number of fused-ring (bicyclic) bond motifs is 1. The zero-order chi connectivity index (χ0) is 11.1. The van der Waals surface area contributed by atoms with Crippen molar-refractivity contribution >= 4 is 20.9 Å². The van der Waals surface area contributed by atoms with E-state index in [0.29, 0.717) is 17.6 Å². The Kier molecular flexibility index (Phi) is 2.18. The zero-order valence-electron chi connectivity index (χ0n) is 8.38. The third-order valence-electron chi connectivity index (χ3n) is 2.10. The van der Waals surface area contributed by atoms with Gasteiger partial charge in [-0.1, -0.05) is 0 Å². The molecule has 0 aromatic carbocycles. The van der Waals surface area contributed by atoms with E-state index in [1.54, 1.807) is 4.68 Å². The van der Waals surface area contributed by atoms with Crippen LogP contribution in [0.3, 0.4) is 0 Å². The van der Waals surface area contributed by atoms with E-state index in [-0.39, 0.29) is 4.90 Å². The molecule has 0 radical (unpaired) electrons. The van der Waals surface area contributed by atoms with Crippen LogP contribution in [0.4, 0.5) is 0 Å². The molecule has 0 aliphatic carbocycles. The van der Waals surface area contributed by atoms with E-state index in [4.69, 9.17) is 0 Å². The topological polar surface area (TPSA) is 77.7 Å². The van der Waals surface area contributed by atoms with Gasteiger partial charge in [-0.3, -0.25) is 0 Å². The van der Waals surface area contributed by atoms with Crippen molar-refractivity contribution in [3.8, 4) is 0 Å². The molecule has 0 amide bonds. The summed E-state index contributed by atoms with van der Waals surface area (Å²) >= 11 is 0. The van der Waals surface area contributed by atoms with Gasteiger partial charge in [-0.05, 0) is 6.92 Å². The molecule has 2 aromatic rings. The summed E-state index contributed by atoms with van der Waals surface area (Å²) in [5.74, 6) is 0. The third-order valence-corrected chi connectivity index (χ3v) is 3.23. The van der Waals surface area contributed by atoms with E-state index < -0.39 is 9.84 Å². The second-order valence-electron chi connectivity index (χ2n) is 3.18. The molecule has 80 valence electrons. The largest absolute Gasteiger partial charge is 0.246 e. The maximum Gasteiger partial charge on any atom is 0.181 e. The molecule has 2 heterocycles. The molecule has 0 aliphatic heterocycles. The van der Waals surface area contributed by atoms with Crippen molar-refractivity contribution in [1.82, 2.24) is 20.0 Å². The first kappa shape index (κ1) is 10.0. The smallest absolute Gasteiger partial charge is 0.181 e. The number of aryl methyl sites for hydroxylation is 1. The van der Waals surface area contributed by atoms with Crippen LogP contribution in [0.2, 0.25) is 0 Å². The highest BCUT2D eigenvalue weighted by Crippen LogP contribution is 2.19. The van der Waals surface area contributed by atoms with Gasteiger partial charge < -0.3 is 0 Å². The van der Waals surface area contributed by atoms with Crippen molar-refractivity contribution < 1.29 is 8.42 Å². The van der Waals surface area contributed by atoms with Crippen LogP contribution in [0.5, 0.6) is 0 Å². The van der Waals surface area contributed by atoms with Crippen molar-refractivity contribution in [2.45, 2.75) is 18.4 Å². The highest BCUT2D eigenvalue weighted by molar-refractivity contribution is 7.91. The summed E-state index contributed by atoms with van der Waals surface area (Å²) in [6.45, 7) is 2.53. The average molecular weight is 226 g/mol. The lowest BCUT2D eigenvalue weighted by Gasteiger charge is -1.99. The average Bonchev–Trinajstić information content (AvgIpc) is 2.58.